The molecule has 0 unspecified atom stereocenters. The van der Waals surface area contributed by atoms with Crippen molar-refractivity contribution in [3.8, 4) is 5.75 Å². The molecule has 0 saturated heterocycles. The highest BCUT2D eigenvalue weighted by Gasteiger charge is 2.07. The van der Waals surface area contributed by atoms with Gasteiger partial charge in [-0.05, 0) is 37.7 Å². The predicted molar refractivity (Wildman–Crippen MR) is 68.2 cm³/mol. The molecule has 0 saturated carbocycles. The third-order valence-electron chi connectivity index (χ3n) is 2.25. The molecule has 1 aromatic carbocycles. The zero-order valence-corrected chi connectivity index (χ0v) is 11.1. The van der Waals surface area contributed by atoms with E-state index in [4.69, 9.17) is 4.74 Å². The van der Waals surface area contributed by atoms with Gasteiger partial charge in [0, 0.05) is 6.26 Å². The number of hydrogen-bond acceptors (Lipinski definition) is 4. The molecule has 0 amide bonds. The maximum absolute atomic E-state index is 11.3. The average Bonchev–Trinajstić information content (AvgIpc) is 2.28. The summed E-state index contributed by atoms with van der Waals surface area (Å²) in [6.45, 7) is 4.49. The van der Waals surface area contributed by atoms with Crippen molar-refractivity contribution >= 4 is 9.84 Å². The van der Waals surface area contributed by atoms with Gasteiger partial charge in [-0.25, -0.2) is 8.42 Å². The lowest BCUT2D eigenvalue weighted by atomic mass is 10.3. The van der Waals surface area contributed by atoms with Gasteiger partial charge in [0.25, 0.3) is 0 Å². The Morgan fingerprint density at radius 1 is 1.35 bits per heavy atom. The van der Waals surface area contributed by atoms with Crippen molar-refractivity contribution < 1.29 is 13.2 Å². The summed E-state index contributed by atoms with van der Waals surface area (Å²) < 4.78 is 28.2. The minimum atomic E-state index is -3.16. The van der Waals surface area contributed by atoms with E-state index in [2.05, 4.69) is 12.2 Å². The second-order valence-corrected chi connectivity index (χ2v) is 5.82. The Hall–Kier alpha value is -1.07. The van der Waals surface area contributed by atoms with E-state index in [1.807, 2.05) is 0 Å². The number of sulfone groups is 1. The van der Waals surface area contributed by atoms with E-state index in [-0.39, 0.29) is 0 Å². The van der Waals surface area contributed by atoms with Crippen LogP contribution >= 0.6 is 0 Å². The van der Waals surface area contributed by atoms with E-state index in [1.54, 1.807) is 24.3 Å². The Labute approximate surface area is 103 Å². The van der Waals surface area contributed by atoms with Crippen molar-refractivity contribution in [2.45, 2.75) is 18.2 Å². The maximum atomic E-state index is 11.3. The maximum Gasteiger partial charge on any atom is 0.175 e. The molecule has 1 N–H and O–H groups in total. The van der Waals surface area contributed by atoms with Gasteiger partial charge >= 0.3 is 0 Å². The highest BCUT2D eigenvalue weighted by molar-refractivity contribution is 7.90. The second-order valence-electron chi connectivity index (χ2n) is 3.80. The topological polar surface area (TPSA) is 55.4 Å². The van der Waals surface area contributed by atoms with E-state index >= 15 is 0 Å². The van der Waals surface area contributed by atoms with E-state index in [1.165, 1.54) is 6.26 Å². The molecule has 0 aliphatic rings. The van der Waals surface area contributed by atoms with Gasteiger partial charge < -0.3 is 10.1 Å². The first-order valence-electron chi connectivity index (χ1n) is 5.67. The van der Waals surface area contributed by atoms with E-state index in [0.717, 1.165) is 19.5 Å². The molecule has 0 bridgehead atoms. The minimum Gasteiger partial charge on any atom is -0.494 e. The van der Waals surface area contributed by atoms with Gasteiger partial charge in [0.2, 0.25) is 0 Å². The third kappa shape index (κ3) is 5.19. The summed E-state index contributed by atoms with van der Waals surface area (Å²) in [5.74, 6) is 0.601. The van der Waals surface area contributed by atoms with Crippen LogP contribution in [0.3, 0.4) is 0 Å². The first-order valence-corrected chi connectivity index (χ1v) is 7.57. The molecule has 4 nitrogen and oxygen atoms in total. The van der Waals surface area contributed by atoms with Crippen molar-refractivity contribution in [3.05, 3.63) is 24.3 Å². The van der Waals surface area contributed by atoms with Gasteiger partial charge in [0.15, 0.2) is 9.84 Å². The third-order valence-corrected chi connectivity index (χ3v) is 3.36. The molecule has 1 rings (SSSR count). The lowest BCUT2D eigenvalue weighted by molar-refractivity contribution is 0.308. The van der Waals surface area contributed by atoms with Gasteiger partial charge in [-0.2, -0.15) is 0 Å². The lowest BCUT2D eigenvalue weighted by Gasteiger charge is -2.07. The quantitative estimate of drug-likeness (QED) is 0.752. The molecule has 17 heavy (non-hydrogen) atoms. The molecule has 0 spiro atoms. The van der Waals surface area contributed by atoms with Gasteiger partial charge in [-0.1, -0.05) is 13.0 Å². The summed E-state index contributed by atoms with van der Waals surface area (Å²) >= 11 is 0. The van der Waals surface area contributed by atoms with Crippen molar-refractivity contribution in [1.29, 1.82) is 0 Å². The molecule has 96 valence electrons. The summed E-state index contributed by atoms with van der Waals surface area (Å²) in [6.07, 6.45) is 2.09. The number of ether oxygens (including phenoxy) is 1. The van der Waals surface area contributed by atoms with Gasteiger partial charge in [0.05, 0.1) is 11.5 Å². The lowest BCUT2D eigenvalue weighted by Crippen LogP contribution is -2.16. The molecule has 0 aromatic heterocycles. The fraction of sp³-hybridized carbons (Fsp3) is 0.500. The average molecular weight is 257 g/mol. The Kier molecular flexibility index (Phi) is 5.44. The van der Waals surface area contributed by atoms with E-state index in [9.17, 15) is 8.42 Å². The SMILES string of the molecule is CCNCCCOc1cccc(S(C)(=O)=O)c1. The Balaban J connectivity index is 2.49. The summed E-state index contributed by atoms with van der Waals surface area (Å²) in [4.78, 5) is 0.293. The van der Waals surface area contributed by atoms with Crippen LogP contribution < -0.4 is 10.1 Å². The van der Waals surface area contributed by atoms with Crippen LogP contribution in [-0.2, 0) is 9.84 Å². The summed E-state index contributed by atoms with van der Waals surface area (Å²) in [6, 6.07) is 6.58. The van der Waals surface area contributed by atoms with Crippen LogP contribution in [0.25, 0.3) is 0 Å². The van der Waals surface area contributed by atoms with Crippen LogP contribution in [0.4, 0.5) is 0 Å². The molecular weight excluding hydrogens is 238 g/mol. The summed E-state index contributed by atoms with van der Waals surface area (Å²) in [5, 5.41) is 3.19. The van der Waals surface area contributed by atoms with Crippen LogP contribution in [-0.4, -0.2) is 34.4 Å². The standard InChI is InChI=1S/C12H19NO3S/c1-3-13-8-5-9-16-11-6-4-7-12(10-11)17(2,14)15/h4,6-7,10,13H,3,5,8-9H2,1-2H3. The number of rotatable bonds is 7. The predicted octanol–water partition coefficient (Wildman–Crippen LogP) is 1.47. The van der Waals surface area contributed by atoms with Crippen molar-refractivity contribution in [2.75, 3.05) is 26.0 Å². The zero-order chi connectivity index (χ0) is 12.7. The monoisotopic (exact) mass is 257 g/mol. The van der Waals surface area contributed by atoms with E-state index in [0.29, 0.717) is 17.3 Å². The van der Waals surface area contributed by atoms with Crippen LogP contribution in [0, 0.1) is 0 Å². The van der Waals surface area contributed by atoms with Crippen molar-refractivity contribution in [3.63, 3.8) is 0 Å². The molecule has 0 heterocycles. The van der Waals surface area contributed by atoms with Gasteiger partial charge in [-0.15, -0.1) is 0 Å². The fourth-order valence-corrected chi connectivity index (χ4v) is 2.01. The zero-order valence-electron chi connectivity index (χ0n) is 10.3. The van der Waals surface area contributed by atoms with Crippen LogP contribution in [0.1, 0.15) is 13.3 Å². The molecular formula is C12H19NO3S. The first-order chi connectivity index (χ1) is 8.04. The van der Waals surface area contributed by atoms with Gasteiger partial charge in [-0.3, -0.25) is 0 Å². The van der Waals surface area contributed by atoms with Crippen molar-refractivity contribution in [1.82, 2.24) is 5.32 Å². The minimum absolute atomic E-state index is 0.293. The Morgan fingerprint density at radius 2 is 2.12 bits per heavy atom. The molecule has 5 heteroatoms. The smallest absolute Gasteiger partial charge is 0.175 e. The molecule has 0 aliphatic heterocycles. The molecule has 0 fully saturated rings. The largest absolute Gasteiger partial charge is 0.494 e. The number of hydrogen-bond donors (Lipinski definition) is 1. The Morgan fingerprint density at radius 3 is 2.76 bits per heavy atom. The first kappa shape index (κ1) is 14.0. The number of benzene rings is 1. The van der Waals surface area contributed by atoms with Crippen LogP contribution in [0.15, 0.2) is 29.2 Å². The van der Waals surface area contributed by atoms with E-state index < -0.39 is 9.84 Å². The highest BCUT2D eigenvalue weighted by atomic mass is 32.2. The summed E-state index contributed by atoms with van der Waals surface area (Å²) in [5.41, 5.74) is 0. The van der Waals surface area contributed by atoms with Crippen LogP contribution in [0.2, 0.25) is 0 Å². The van der Waals surface area contributed by atoms with Crippen molar-refractivity contribution in [2.24, 2.45) is 0 Å². The molecule has 0 aliphatic carbocycles. The molecule has 0 radical (unpaired) electrons. The summed E-state index contributed by atoms with van der Waals surface area (Å²) in [7, 11) is -3.16. The molecule has 0 atom stereocenters. The molecule has 1 aromatic rings. The Bertz CT molecular complexity index is 443. The fourth-order valence-electron chi connectivity index (χ4n) is 1.36. The normalized spacial score (nSPS) is 11.4. The second kappa shape index (κ2) is 6.61. The number of nitrogens with one attached hydrogen (secondary N) is 1. The highest BCUT2D eigenvalue weighted by Crippen LogP contribution is 2.17. The van der Waals surface area contributed by atoms with Gasteiger partial charge in [0.1, 0.15) is 5.75 Å². The van der Waals surface area contributed by atoms with Crippen LogP contribution in [0.5, 0.6) is 5.75 Å².